The van der Waals surface area contributed by atoms with Gasteiger partial charge in [-0.15, -0.1) is 0 Å². The first-order chi connectivity index (χ1) is 10.4. The van der Waals surface area contributed by atoms with Gasteiger partial charge in [0.2, 0.25) is 0 Å². The smallest absolute Gasteiger partial charge is 0.00974 e. The molecule has 0 amide bonds. The maximum atomic E-state index is 2.70. The van der Waals surface area contributed by atoms with Crippen LogP contribution in [0.1, 0.15) is 78.1 Å². The van der Waals surface area contributed by atoms with Gasteiger partial charge in [-0.25, -0.2) is 0 Å². The molecule has 7 atom stereocenters. The van der Waals surface area contributed by atoms with Gasteiger partial charge in [0.05, 0.1) is 0 Å². The van der Waals surface area contributed by atoms with E-state index in [1.54, 1.807) is 32.1 Å². The maximum Gasteiger partial charge on any atom is 0.00974 e. The van der Waals surface area contributed by atoms with Gasteiger partial charge in [0.15, 0.2) is 0 Å². The topological polar surface area (TPSA) is 3.24 Å². The minimum atomic E-state index is 0.661. The molecule has 0 N–H and O–H groups in total. The Balaban J connectivity index is 1.60. The first kappa shape index (κ1) is 15.5. The third kappa shape index (κ3) is 2.14. The highest BCUT2D eigenvalue weighted by Crippen LogP contribution is 2.66. The van der Waals surface area contributed by atoms with E-state index < -0.39 is 0 Å². The van der Waals surface area contributed by atoms with Crippen molar-refractivity contribution in [2.75, 3.05) is 14.1 Å². The van der Waals surface area contributed by atoms with E-state index in [0.29, 0.717) is 10.8 Å². The van der Waals surface area contributed by atoms with Crippen LogP contribution in [0.5, 0.6) is 0 Å². The molecule has 4 rings (SSSR count). The zero-order valence-corrected chi connectivity index (χ0v) is 15.4. The molecule has 1 heteroatoms. The minimum Gasteiger partial charge on any atom is -0.306 e. The summed E-state index contributed by atoms with van der Waals surface area (Å²) in [4.78, 5) is 2.52. The highest BCUT2D eigenvalue weighted by molar-refractivity contribution is 5.08. The molecule has 4 saturated carbocycles. The molecule has 0 saturated heterocycles. The highest BCUT2D eigenvalue weighted by Gasteiger charge is 2.58. The molecule has 0 aromatic carbocycles. The molecule has 0 radical (unpaired) electrons. The fourth-order valence-corrected chi connectivity index (χ4v) is 7.71. The van der Waals surface area contributed by atoms with E-state index in [1.165, 1.54) is 32.1 Å². The summed E-state index contributed by atoms with van der Waals surface area (Å²) >= 11 is 0. The lowest BCUT2D eigenvalue weighted by Gasteiger charge is -2.60. The summed E-state index contributed by atoms with van der Waals surface area (Å²) in [6.45, 7) is 5.35. The molecule has 4 aliphatic rings. The number of hydrogen-bond acceptors (Lipinski definition) is 1. The van der Waals surface area contributed by atoms with Gasteiger partial charge >= 0.3 is 0 Å². The Hall–Kier alpha value is -0.0400. The fourth-order valence-electron chi connectivity index (χ4n) is 7.71. The molecule has 22 heavy (non-hydrogen) atoms. The summed E-state index contributed by atoms with van der Waals surface area (Å²) in [6.07, 6.45) is 15.2. The van der Waals surface area contributed by atoms with Crippen molar-refractivity contribution in [1.29, 1.82) is 0 Å². The molecule has 1 nitrogen and oxygen atoms in total. The van der Waals surface area contributed by atoms with Crippen LogP contribution in [0.3, 0.4) is 0 Å². The number of hydrogen-bond donors (Lipinski definition) is 0. The highest BCUT2D eigenvalue weighted by atomic mass is 15.1. The van der Waals surface area contributed by atoms with Crippen LogP contribution < -0.4 is 0 Å². The Labute approximate surface area is 138 Å². The zero-order chi connectivity index (χ0) is 15.5. The van der Waals surface area contributed by atoms with E-state index in [2.05, 4.69) is 32.8 Å². The summed E-state index contributed by atoms with van der Waals surface area (Å²) in [5.41, 5.74) is 1.37. The van der Waals surface area contributed by atoms with E-state index in [-0.39, 0.29) is 0 Å². The van der Waals surface area contributed by atoms with Crippen LogP contribution in [0.2, 0.25) is 0 Å². The average molecular weight is 304 g/mol. The van der Waals surface area contributed by atoms with Gasteiger partial charge in [-0.2, -0.15) is 0 Å². The van der Waals surface area contributed by atoms with Crippen LogP contribution in [0.25, 0.3) is 0 Å². The van der Waals surface area contributed by atoms with Crippen molar-refractivity contribution >= 4 is 0 Å². The van der Waals surface area contributed by atoms with Crippen LogP contribution in [-0.4, -0.2) is 25.0 Å². The lowest BCUT2D eigenvalue weighted by molar-refractivity contribution is -0.103. The van der Waals surface area contributed by atoms with E-state index in [9.17, 15) is 0 Å². The van der Waals surface area contributed by atoms with Crippen LogP contribution in [0, 0.1) is 34.5 Å². The third-order valence-corrected chi connectivity index (χ3v) is 9.06. The van der Waals surface area contributed by atoms with Gasteiger partial charge < -0.3 is 4.90 Å². The second-order valence-electron chi connectivity index (χ2n) is 10.2. The van der Waals surface area contributed by atoms with Crippen LogP contribution >= 0.6 is 0 Å². The Morgan fingerprint density at radius 2 is 1.68 bits per heavy atom. The van der Waals surface area contributed by atoms with Gasteiger partial charge in [-0.3, -0.25) is 0 Å². The van der Waals surface area contributed by atoms with Crippen molar-refractivity contribution < 1.29 is 0 Å². The number of nitrogens with zero attached hydrogens (tertiary/aromatic N) is 1. The summed E-state index contributed by atoms with van der Waals surface area (Å²) in [5.74, 6) is 4.21. The van der Waals surface area contributed by atoms with Crippen molar-refractivity contribution in [2.24, 2.45) is 34.5 Å². The molecule has 0 heterocycles. The summed E-state index contributed by atoms with van der Waals surface area (Å²) in [6, 6.07) is 0.852. The number of fused-ring (bicyclic) bond motifs is 5. The van der Waals surface area contributed by atoms with E-state index in [1.807, 2.05) is 0 Å². The van der Waals surface area contributed by atoms with Crippen LogP contribution in [-0.2, 0) is 0 Å². The quantitative estimate of drug-likeness (QED) is 0.631. The van der Waals surface area contributed by atoms with Gasteiger partial charge in [0, 0.05) is 6.04 Å². The Kier molecular flexibility index (Phi) is 3.68. The molecular formula is C21H37N. The van der Waals surface area contributed by atoms with Crippen LogP contribution in [0.4, 0.5) is 0 Å². The molecule has 0 aliphatic heterocycles. The van der Waals surface area contributed by atoms with E-state index >= 15 is 0 Å². The summed E-state index contributed by atoms with van der Waals surface area (Å²) < 4.78 is 0. The largest absolute Gasteiger partial charge is 0.306 e. The fraction of sp³-hybridized carbons (Fsp3) is 1.00. The lowest BCUT2D eigenvalue weighted by Crippen LogP contribution is -2.51. The van der Waals surface area contributed by atoms with Crippen molar-refractivity contribution in [2.45, 2.75) is 84.1 Å². The summed E-state index contributed by atoms with van der Waals surface area (Å²) in [7, 11) is 4.62. The normalized spacial score (nSPS) is 54.7. The molecule has 4 aliphatic carbocycles. The first-order valence-corrected chi connectivity index (χ1v) is 10.1. The predicted octanol–water partition coefficient (Wildman–Crippen LogP) is 5.35. The standard InChI is InChI=1S/C21H37N/c1-20-12-10-18-17(19(20)13-16(14-20)22(3)4)9-8-15-7-5-6-11-21(15,18)2/h15-19H,5-14H2,1-4H3/t15?,16?,17-,18+,19+,20-,21+/m1/s1. The van der Waals surface area contributed by atoms with Gasteiger partial charge in [0.25, 0.3) is 0 Å². The van der Waals surface area contributed by atoms with E-state index in [4.69, 9.17) is 0 Å². The molecular weight excluding hydrogens is 266 g/mol. The lowest BCUT2D eigenvalue weighted by atomic mass is 9.45. The summed E-state index contributed by atoms with van der Waals surface area (Å²) in [5, 5.41) is 0. The van der Waals surface area contributed by atoms with Crippen molar-refractivity contribution in [3.8, 4) is 0 Å². The van der Waals surface area contributed by atoms with Crippen LogP contribution in [0.15, 0.2) is 0 Å². The Morgan fingerprint density at radius 1 is 0.864 bits per heavy atom. The third-order valence-electron chi connectivity index (χ3n) is 9.06. The van der Waals surface area contributed by atoms with E-state index in [0.717, 1.165) is 29.7 Å². The zero-order valence-electron chi connectivity index (χ0n) is 15.4. The van der Waals surface area contributed by atoms with Gasteiger partial charge in [-0.05, 0) is 100.0 Å². The van der Waals surface area contributed by atoms with Crippen molar-refractivity contribution in [3.63, 3.8) is 0 Å². The number of rotatable bonds is 1. The first-order valence-electron chi connectivity index (χ1n) is 10.1. The SMILES string of the molecule is CN(C)C1C[C@H]2[C@@H]3CCC4CCCC[C@]4(C)[C@H]3CC[C@]2(C)C1. The Morgan fingerprint density at radius 3 is 2.45 bits per heavy atom. The molecule has 2 unspecified atom stereocenters. The molecule has 0 aromatic rings. The van der Waals surface area contributed by atoms with Gasteiger partial charge in [-0.1, -0.05) is 26.7 Å². The molecule has 0 aromatic heterocycles. The molecule has 0 bridgehead atoms. The Bertz CT molecular complexity index is 430. The minimum absolute atomic E-state index is 0.661. The second kappa shape index (κ2) is 5.23. The second-order valence-corrected chi connectivity index (χ2v) is 10.2. The van der Waals surface area contributed by atoms with Gasteiger partial charge in [0.1, 0.15) is 0 Å². The van der Waals surface area contributed by atoms with Crippen molar-refractivity contribution in [1.82, 2.24) is 4.90 Å². The molecule has 126 valence electrons. The predicted molar refractivity (Wildman–Crippen MR) is 93.8 cm³/mol. The average Bonchev–Trinajstić information content (AvgIpc) is 2.84. The molecule has 0 spiro atoms. The monoisotopic (exact) mass is 303 g/mol. The molecule has 4 fully saturated rings. The maximum absolute atomic E-state index is 2.70. The van der Waals surface area contributed by atoms with Crippen molar-refractivity contribution in [3.05, 3.63) is 0 Å².